The number of fused-ring (bicyclic) bond motifs is 1. The Bertz CT molecular complexity index is 1170. The molecule has 0 aliphatic carbocycles. The minimum Gasteiger partial charge on any atom is -0.382 e. The standard InChI is InChI=1S/C19H20F2N4O2S/c1-11-4-3-5-17-18(11)19(22)23-25(17)16-7-6-13(8-12(16)2)28(26,27)24-9-14(20)15(21)10-24/h3-8,14-15H,9-10H2,1-2H3,(H2,22,23). The molecule has 1 aromatic heterocycles. The smallest absolute Gasteiger partial charge is 0.243 e. The number of nitrogens with zero attached hydrogens (tertiary/aromatic N) is 3. The zero-order valence-corrected chi connectivity index (χ0v) is 16.2. The molecule has 1 fully saturated rings. The first-order chi connectivity index (χ1) is 13.2. The van der Waals surface area contributed by atoms with Crippen molar-refractivity contribution in [2.75, 3.05) is 18.8 Å². The van der Waals surface area contributed by atoms with Crippen LogP contribution in [0.15, 0.2) is 41.3 Å². The average molecular weight is 406 g/mol. The van der Waals surface area contributed by atoms with Crippen molar-refractivity contribution in [1.29, 1.82) is 0 Å². The van der Waals surface area contributed by atoms with E-state index >= 15 is 0 Å². The number of aromatic nitrogens is 2. The van der Waals surface area contributed by atoms with Crippen LogP contribution in [0.1, 0.15) is 11.1 Å². The van der Waals surface area contributed by atoms with E-state index in [1.165, 1.54) is 12.1 Å². The molecule has 4 rings (SSSR count). The number of benzene rings is 2. The van der Waals surface area contributed by atoms with Crippen molar-refractivity contribution in [3.63, 3.8) is 0 Å². The van der Waals surface area contributed by atoms with Crippen LogP contribution >= 0.6 is 0 Å². The van der Waals surface area contributed by atoms with Crippen LogP contribution in [0.3, 0.4) is 0 Å². The third-order valence-electron chi connectivity index (χ3n) is 5.13. The Balaban J connectivity index is 1.77. The molecule has 1 aliphatic heterocycles. The molecular formula is C19H20F2N4O2S. The lowest BCUT2D eigenvalue weighted by molar-refractivity contribution is 0.217. The number of hydrogen-bond acceptors (Lipinski definition) is 4. The predicted octanol–water partition coefficient (Wildman–Crippen LogP) is 2.91. The van der Waals surface area contributed by atoms with Gasteiger partial charge in [-0.3, -0.25) is 0 Å². The number of halogens is 2. The molecule has 2 aromatic carbocycles. The summed E-state index contributed by atoms with van der Waals surface area (Å²) in [7, 11) is -3.97. The highest BCUT2D eigenvalue weighted by molar-refractivity contribution is 7.89. The number of hydrogen-bond donors (Lipinski definition) is 1. The van der Waals surface area contributed by atoms with E-state index in [-0.39, 0.29) is 4.90 Å². The Morgan fingerprint density at radius 2 is 1.75 bits per heavy atom. The maximum absolute atomic E-state index is 13.5. The first kappa shape index (κ1) is 18.8. The van der Waals surface area contributed by atoms with Gasteiger partial charge in [-0.15, -0.1) is 5.10 Å². The summed E-state index contributed by atoms with van der Waals surface area (Å²) in [5.41, 5.74) is 9.21. The van der Waals surface area contributed by atoms with E-state index in [1.54, 1.807) is 17.7 Å². The van der Waals surface area contributed by atoms with Crippen LogP contribution in [-0.4, -0.2) is 47.9 Å². The lowest BCUT2D eigenvalue weighted by Gasteiger charge is -2.16. The summed E-state index contributed by atoms with van der Waals surface area (Å²) in [6.45, 7) is 2.77. The average Bonchev–Trinajstić information content (AvgIpc) is 3.16. The van der Waals surface area contributed by atoms with Gasteiger partial charge in [0.2, 0.25) is 10.0 Å². The van der Waals surface area contributed by atoms with Crippen molar-refractivity contribution in [3.8, 4) is 5.69 Å². The van der Waals surface area contributed by atoms with Crippen molar-refractivity contribution in [2.45, 2.75) is 31.1 Å². The summed E-state index contributed by atoms with van der Waals surface area (Å²) >= 11 is 0. The van der Waals surface area contributed by atoms with E-state index in [2.05, 4.69) is 5.10 Å². The molecule has 2 unspecified atom stereocenters. The molecule has 0 spiro atoms. The summed E-state index contributed by atoms with van der Waals surface area (Å²) < 4.78 is 54.9. The highest BCUT2D eigenvalue weighted by Crippen LogP contribution is 2.30. The van der Waals surface area contributed by atoms with Gasteiger partial charge in [0.15, 0.2) is 5.82 Å². The first-order valence-corrected chi connectivity index (χ1v) is 10.3. The summed E-state index contributed by atoms with van der Waals surface area (Å²) in [6, 6.07) is 10.3. The molecule has 0 radical (unpaired) electrons. The van der Waals surface area contributed by atoms with Gasteiger partial charge in [-0.1, -0.05) is 12.1 Å². The molecule has 3 aromatic rings. The monoisotopic (exact) mass is 406 g/mol. The van der Waals surface area contributed by atoms with E-state index in [0.29, 0.717) is 17.1 Å². The topological polar surface area (TPSA) is 81.2 Å². The van der Waals surface area contributed by atoms with Gasteiger partial charge in [-0.25, -0.2) is 21.9 Å². The Labute approximate surface area is 161 Å². The van der Waals surface area contributed by atoms with Crippen LogP contribution in [0.2, 0.25) is 0 Å². The van der Waals surface area contributed by atoms with Crippen LogP contribution in [0.5, 0.6) is 0 Å². The fraction of sp³-hybridized carbons (Fsp3) is 0.316. The highest BCUT2D eigenvalue weighted by Gasteiger charge is 2.40. The summed E-state index contributed by atoms with van der Waals surface area (Å²) in [5, 5.41) is 5.25. The fourth-order valence-electron chi connectivity index (χ4n) is 3.62. The Hall–Kier alpha value is -2.52. The molecule has 2 atom stereocenters. The van der Waals surface area contributed by atoms with Gasteiger partial charge in [0.25, 0.3) is 0 Å². The normalized spacial score (nSPS) is 20.9. The summed E-state index contributed by atoms with van der Waals surface area (Å²) in [4.78, 5) is -0.00401. The molecule has 6 nitrogen and oxygen atoms in total. The van der Waals surface area contributed by atoms with Crippen molar-refractivity contribution < 1.29 is 17.2 Å². The van der Waals surface area contributed by atoms with Crippen LogP contribution < -0.4 is 5.73 Å². The zero-order chi connectivity index (χ0) is 20.2. The molecule has 1 aliphatic rings. The third-order valence-corrected chi connectivity index (χ3v) is 6.95. The van der Waals surface area contributed by atoms with Gasteiger partial charge in [0.05, 0.1) is 16.1 Å². The van der Waals surface area contributed by atoms with Gasteiger partial charge in [0, 0.05) is 18.5 Å². The second-order valence-electron chi connectivity index (χ2n) is 7.07. The third kappa shape index (κ3) is 2.85. The number of sulfonamides is 1. The molecule has 0 bridgehead atoms. The van der Waals surface area contributed by atoms with Gasteiger partial charge in [-0.2, -0.15) is 4.31 Å². The van der Waals surface area contributed by atoms with Gasteiger partial charge < -0.3 is 5.73 Å². The molecule has 2 heterocycles. The summed E-state index contributed by atoms with van der Waals surface area (Å²) in [5.74, 6) is 0.393. The number of aryl methyl sites for hydroxylation is 2. The van der Waals surface area contributed by atoms with E-state index in [1.807, 2.05) is 25.1 Å². The van der Waals surface area contributed by atoms with E-state index in [0.717, 1.165) is 20.8 Å². The minimum absolute atomic E-state index is 0.00401. The number of nitrogens with two attached hydrogens (primary N) is 1. The number of rotatable bonds is 3. The van der Waals surface area contributed by atoms with Crippen molar-refractivity contribution in [1.82, 2.24) is 14.1 Å². The molecule has 1 saturated heterocycles. The van der Waals surface area contributed by atoms with E-state index < -0.39 is 35.5 Å². The number of alkyl halides is 2. The van der Waals surface area contributed by atoms with Crippen molar-refractivity contribution in [2.24, 2.45) is 0 Å². The SMILES string of the molecule is Cc1cc(S(=O)(=O)N2CC(F)C(F)C2)ccc1-n1nc(N)c2c(C)cccc21. The lowest BCUT2D eigenvalue weighted by atomic mass is 10.1. The van der Waals surface area contributed by atoms with Gasteiger partial charge in [-0.05, 0) is 49.2 Å². The zero-order valence-electron chi connectivity index (χ0n) is 15.4. The fourth-order valence-corrected chi connectivity index (χ4v) is 5.16. The van der Waals surface area contributed by atoms with Crippen LogP contribution in [0.25, 0.3) is 16.6 Å². The summed E-state index contributed by atoms with van der Waals surface area (Å²) in [6.07, 6.45) is -3.59. The second kappa shape index (κ2) is 6.52. The number of nitrogen functional groups attached to an aromatic ring is 1. The first-order valence-electron chi connectivity index (χ1n) is 8.83. The van der Waals surface area contributed by atoms with E-state index in [4.69, 9.17) is 5.73 Å². The van der Waals surface area contributed by atoms with Gasteiger partial charge in [0.1, 0.15) is 12.3 Å². The molecular weight excluding hydrogens is 386 g/mol. The van der Waals surface area contributed by atoms with Crippen LogP contribution in [0.4, 0.5) is 14.6 Å². The quantitative estimate of drug-likeness (QED) is 0.725. The second-order valence-corrected chi connectivity index (χ2v) is 9.01. The maximum atomic E-state index is 13.5. The highest BCUT2D eigenvalue weighted by atomic mass is 32.2. The Kier molecular flexibility index (Phi) is 4.39. The molecule has 2 N–H and O–H groups in total. The Morgan fingerprint density at radius 1 is 1.07 bits per heavy atom. The van der Waals surface area contributed by atoms with Crippen molar-refractivity contribution >= 4 is 26.7 Å². The van der Waals surface area contributed by atoms with Crippen LogP contribution in [0, 0.1) is 13.8 Å². The number of anilines is 1. The molecule has 9 heteroatoms. The van der Waals surface area contributed by atoms with Crippen molar-refractivity contribution in [3.05, 3.63) is 47.5 Å². The molecule has 0 amide bonds. The molecule has 148 valence electrons. The molecule has 28 heavy (non-hydrogen) atoms. The maximum Gasteiger partial charge on any atom is 0.243 e. The largest absolute Gasteiger partial charge is 0.382 e. The van der Waals surface area contributed by atoms with Gasteiger partial charge >= 0.3 is 0 Å². The lowest BCUT2D eigenvalue weighted by Crippen LogP contribution is -2.29. The Morgan fingerprint density at radius 3 is 2.39 bits per heavy atom. The minimum atomic E-state index is -3.97. The molecule has 0 saturated carbocycles. The predicted molar refractivity (Wildman–Crippen MR) is 104 cm³/mol. The van der Waals surface area contributed by atoms with E-state index in [9.17, 15) is 17.2 Å². The van der Waals surface area contributed by atoms with Crippen LogP contribution in [-0.2, 0) is 10.0 Å².